The van der Waals surface area contributed by atoms with Crippen LogP contribution in [0.25, 0.3) is 0 Å². The topological polar surface area (TPSA) is 49.3 Å². The molecule has 1 aliphatic heterocycles. The van der Waals surface area contributed by atoms with Crippen LogP contribution in [0.15, 0.2) is 0 Å². The largest absolute Gasteiger partial charge is 0.481 e. The molecule has 3 nitrogen and oxygen atoms in total. The smallest absolute Gasteiger partial charge is 0.307 e. The predicted molar refractivity (Wildman–Crippen MR) is 37.8 cm³/mol. The Labute approximate surface area is 60.4 Å². The van der Waals surface area contributed by atoms with Crippen molar-refractivity contribution in [2.45, 2.75) is 25.8 Å². The highest BCUT2D eigenvalue weighted by Crippen LogP contribution is 2.13. The van der Waals surface area contributed by atoms with E-state index in [9.17, 15) is 4.79 Å². The second kappa shape index (κ2) is 3.01. The molecule has 1 rings (SSSR count). The minimum Gasteiger partial charge on any atom is -0.481 e. The molecule has 0 saturated carbocycles. The molecule has 1 saturated heterocycles. The lowest BCUT2D eigenvalue weighted by Crippen LogP contribution is -2.39. The molecule has 1 heterocycles. The molecule has 1 fully saturated rings. The monoisotopic (exact) mass is 143 g/mol. The molecule has 0 bridgehead atoms. The summed E-state index contributed by atoms with van der Waals surface area (Å²) in [5.41, 5.74) is 0. The molecule has 0 aromatic carbocycles. The summed E-state index contributed by atoms with van der Waals surface area (Å²) in [5, 5.41) is 11.7. The molecule has 2 atom stereocenters. The molecular formula is C7H13NO2. The van der Waals surface area contributed by atoms with Crippen LogP contribution in [0.2, 0.25) is 0 Å². The number of carbonyl (C=O) groups is 1. The van der Waals surface area contributed by atoms with Crippen molar-refractivity contribution in [2.75, 3.05) is 6.54 Å². The lowest BCUT2D eigenvalue weighted by Gasteiger charge is -2.24. The fraction of sp³-hybridized carbons (Fsp3) is 0.857. The zero-order valence-corrected chi connectivity index (χ0v) is 6.13. The van der Waals surface area contributed by atoms with Gasteiger partial charge in [-0.05, 0) is 19.8 Å². The number of aliphatic carboxylic acids is 1. The van der Waals surface area contributed by atoms with Crippen LogP contribution in [0, 0.1) is 5.92 Å². The van der Waals surface area contributed by atoms with Crippen LogP contribution in [0.1, 0.15) is 19.8 Å². The lowest BCUT2D eigenvalue weighted by atomic mass is 9.96. The van der Waals surface area contributed by atoms with Gasteiger partial charge in [-0.15, -0.1) is 0 Å². The Morgan fingerprint density at radius 1 is 1.60 bits per heavy atom. The zero-order valence-electron chi connectivity index (χ0n) is 6.13. The van der Waals surface area contributed by atoms with Crippen LogP contribution < -0.4 is 5.32 Å². The van der Waals surface area contributed by atoms with E-state index in [-0.39, 0.29) is 5.92 Å². The van der Waals surface area contributed by atoms with Gasteiger partial charge in [0.25, 0.3) is 0 Å². The summed E-state index contributed by atoms with van der Waals surface area (Å²) in [4.78, 5) is 10.4. The summed E-state index contributed by atoms with van der Waals surface area (Å²) >= 11 is 0. The molecule has 0 radical (unpaired) electrons. The average molecular weight is 143 g/mol. The van der Waals surface area contributed by atoms with Crippen LogP contribution in [0.3, 0.4) is 0 Å². The first-order valence-corrected chi connectivity index (χ1v) is 3.66. The Morgan fingerprint density at radius 2 is 2.30 bits per heavy atom. The van der Waals surface area contributed by atoms with Crippen molar-refractivity contribution in [2.24, 2.45) is 5.92 Å². The van der Waals surface area contributed by atoms with Gasteiger partial charge in [0, 0.05) is 12.6 Å². The third-order valence-corrected chi connectivity index (χ3v) is 2.01. The maximum absolute atomic E-state index is 10.4. The summed E-state index contributed by atoms with van der Waals surface area (Å²) in [6, 6.07) is 0.496. The molecule has 0 aliphatic carbocycles. The predicted octanol–water partition coefficient (Wildman–Crippen LogP) is 0.459. The number of hydrogen-bond acceptors (Lipinski definition) is 2. The Balaban J connectivity index is 2.33. The minimum absolute atomic E-state index is 0.156. The fourth-order valence-corrected chi connectivity index (χ4v) is 1.21. The van der Waals surface area contributed by atoms with E-state index >= 15 is 0 Å². The highest BCUT2D eigenvalue weighted by molar-refractivity contribution is 5.70. The van der Waals surface area contributed by atoms with Crippen molar-refractivity contribution in [1.82, 2.24) is 5.32 Å². The van der Waals surface area contributed by atoms with Crippen LogP contribution >= 0.6 is 0 Å². The van der Waals surface area contributed by atoms with E-state index in [0.29, 0.717) is 12.6 Å². The number of carboxylic acid groups (broad SMARTS) is 1. The summed E-state index contributed by atoms with van der Waals surface area (Å²) < 4.78 is 0. The molecule has 0 aromatic rings. The van der Waals surface area contributed by atoms with Gasteiger partial charge in [0.05, 0.1) is 5.92 Å². The Bertz CT molecular complexity index is 128. The first kappa shape index (κ1) is 7.54. The van der Waals surface area contributed by atoms with Crippen LogP contribution in [-0.4, -0.2) is 23.7 Å². The maximum atomic E-state index is 10.4. The van der Waals surface area contributed by atoms with Gasteiger partial charge in [0.1, 0.15) is 0 Å². The van der Waals surface area contributed by atoms with Gasteiger partial charge in [-0.1, -0.05) is 0 Å². The van der Waals surface area contributed by atoms with Crippen molar-refractivity contribution >= 4 is 5.97 Å². The van der Waals surface area contributed by atoms with Crippen molar-refractivity contribution in [1.29, 1.82) is 0 Å². The number of hydrogen-bond donors (Lipinski definition) is 2. The van der Waals surface area contributed by atoms with Gasteiger partial charge < -0.3 is 10.4 Å². The van der Waals surface area contributed by atoms with E-state index in [4.69, 9.17) is 5.11 Å². The normalized spacial score (nSPS) is 33.7. The van der Waals surface area contributed by atoms with Crippen LogP contribution in [0.5, 0.6) is 0 Å². The quantitative estimate of drug-likeness (QED) is 0.560. The van der Waals surface area contributed by atoms with E-state index < -0.39 is 5.97 Å². The molecule has 0 amide bonds. The van der Waals surface area contributed by atoms with Gasteiger partial charge in [0.15, 0.2) is 0 Å². The highest BCUT2D eigenvalue weighted by Gasteiger charge is 2.22. The molecule has 10 heavy (non-hydrogen) atoms. The van der Waals surface area contributed by atoms with Gasteiger partial charge in [-0.25, -0.2) is 0 Å². The molecule has 3 heteroatoms. The van der Waals surface area contributed by atoms with Crippen molar-refractivity contribution < 1.29 is 9.90 Å². The van der Waals surface area contributed by atoms with Crippen LogP contribution in [-0.2, 0) is 4.79 Å². The van der Waals surface area contributed by atoms with Crippen LogP contribution in [0.4, 0.5) is 0 Å². The zero-order chi connectivity index (χ0) is 7.56. The highest BCUT2D eigenvalue weighted by atomic mass is 16.4. The summed E-state index contributed by atoms with van der Waals surface area (Å²) in [6.07, 6.45) is 1.81. The van der Waals surface area contributed by atoms with Crippen molar-refractivity contribution in [3.05, 3.63) is 0 Å². The third-order valence-electron chi connectivity index (χ3n) is 2.01. The summed E-state index contributed by atoms with van der Waals surface area (Å²) in [5.74, 6) is -0.824. The van der Waals surface area contributed by atoms with Gasteiger partial charge >= 0.3 is 5.97 Å². The second-order valence-electron chi connectivity index (χ2n) is 2.92. The van der Waals surface area contributed by atoms with Crippen molar-refractivity contribution in [3.63, 3.8) is 0 Å². The standard InChI is InChI=1S/C7H13NO2/c1-5-2-3-6(4-8-5)7(9)10/h5-6,8H,2-4H2,1H3,(H,9,10)/t5-,6?/m0/s1. The first-order chi connectivity index (χ1) is 4.70. The Kier molecular flexibility index (Phi) is 2.27. The molecular weight excluding hydrogens is 130 g/mol. The van der Waals surface area contributed by atoms with Gasteiger partial charge in [-0.3, -0.25) is 4.79 Å². The van der Waals surface area contributed by atoms with E-state index in [2.05, 4.69) is 12.2 Å². The van der Waals surface area contributed by atoms with E-state index in [0.717, 1.165) is 12.8 Å². The second-order valence-corrected chi connectivity index (χ2v) is 2.92. The molecule has 58 valence electrons. The molecule has 0 spiro atoms. The summed E-state index contributed by atoms with van der Waals surface area (Å²) in [7, 11) is 0. The van der Waals surface area contributed by atoms with Gasteiger partial charge in [0.2, 0.25) is 0 Å². The number of rotatable bonds is 1. The first-order valence-electron chi connectivity index (χ1n) is 3.66. The number of nitrogens with one attached hydrogen (secondary N) is 1. The molecule has 1 unspecified atom stereocenters. The van der Waals surface area contributed by atoms with E-state index in [1.54, 1.807) is 0 Å². The van der Waals surface area contributed by atoms with Gasteiger partial charge in [-0.2, -0.15) is 0 Å². The Hall–Kier alpha value is -0.570. The SMILES string of the molecule is C[C@H]1CCC(C(=O)O)CN1. The lowest BCUT2D eigenvalue weighted by molar-refractivity contribution is -0.142. The Morgan fingerprint density at radius 3 is 2.70 bits per heavy atom. The number of carboxylic acids is 1. The average Bonchev–Trinajstić information content (AvgIpc) is 1.88. The molecule has 1 aliphatic rings. The molecule has 2 N–H and O–H groups in total. The van der Waals surface area contributed by atoms with Crippen molar-refractivity contribution in [3.8, 4) is 0 Å². The number of piperidine rings is 1. The fourth-order valence-electron chi connectivity index (χ4n) is 1.21. The van der Waals surface area contributed by atoms with E-state index in [1.807, 2.05) is 0 Å². The minimum atomic E-state index is -0.667. The third kappa shape index (κ3) is 1.70. The summed E-state index contributed by atoms with van der Waals surface area (Å²) in [6.45, 7) is 2.72. The maximum Gasteiger partial charge on any atom is 0.307 e. The molecule has 0 aromatic heterocycles. The van der Waals surface area contributed by atoms with E-state index in [1.165, 1.54) is 0 Å².